The molecule has 2 atom stereocenters. The molecule has 1 spiro atoms. The number of piperidine rings is 1. The van der Waals surface area contributed by atoms with Crippen LogP contribution >= 0.6 is 0 Å². The number of nitrogens with zero attached hydrogens (tertiary/aromatic N) is 3. The molecule has 0 aliphatic carbocycles. The van der Waals surface area contributed by atoms with E-state index in [0.29, 0.717) is 38.0 Å². The molecule has 2 saturated heterocycles. The SMILES string of the molecule is CC(=O)N[C@H]1CC2(CCN(C(=O)c3ccnn3C)CC2)OC[C@]1(C)O. The van der Waals surface area contributed by atoms with Gasteiger partial charge in [-0.15, -0.1) is 0 Å². The lowest BCUT2D eigenvalue weighted by molar-refractivity contribution is -0.191. The first-order valence-corrected chi connectivity index (χ1v) is 8.63. The minimum Gasteiger partial charge on any atom is -0.386 e. The normalized spacial score (nSPS) is 28.8. The Balaban J connectivity index is 1.66. The quantitative estimate of drug-likeness (QED) is 0.787. The molecule has 138 valence electrons. The minimum atomic E-state index is -1.08. The third kappa shape index (κ3) is 3.55. The van der Waals surface area contributed by atoms with Crippen molar-refractivity contribution in [2.75, 3.05) is 19.7 Å². The number of carbonyl (C=O) groups excluding carboxylic acids is 2. The van der Waals surface area contributed by atoms with E-state index < -0.39 is 11.2 Å². The fourth-order valence-electron chi connectivity index (χ4n) is 3.71. The van der Waals surface area contributed by atoms with E-state index in [4.69, 9.17) is 4.74 Å². The molecule has 0 saturated carbocycles. The zero-order valence-corrected chi connectivity index (χ0v) is 15.0. The van der Waals surface area contributed by atoms with E-state index >= 15 is 0 Å². The largest absolute Gasteiger partial charge is 0.386 e. The zero-order valence-electron chi connectivity index (χ0n) is 15.0. The van der Waals surface area contributed by atoms with Gasteiger partial charge in [0.15, 0.2) is 0 Å². The maximum atomic E-state index is 12.6. The molecule has 0 bridgehead atoms. The number of carbonyl (C=O) groups is 2. The van der Waals surface area contributed by atoms with Crippen LogP contribution in [-0.2, 0) is 16.6 Å². The summed E-state index contributed by atoms with van der Waals surface area (Å²) in [6, 6.07) is 1.37. The van der Waals surface area contributed by atoms with Gasteiger partial charge in [0.2, 0.25) is 5.91 Å². The second-order valence-corrected chi connectivity index (χ2v) is 7.42. The fraction of sp³-hybridized carbons (Fsp3) is 0.706. The highest BCUT2D eigenvalue weighted by molar-refractivity contribution is 5.92. The van der Waals surface area contributed by atoms with Crippen LogP contribution in [0.3, 0.4) is 0 Å². The third-order valence-electron chi connectivity index (χ3n) is 5.38. The van der Waals surface area contributed by atoms with Gasteiger partial charge in [0.1, 0.15) is 11.3 Å². The molecule has 2 fully saturated rings. The van der Waals surface area contributed by atoms with E-state index in [1.165, 1.54) is 6.92 Å². The van der Waals surface area contributed by atoms with Gasteiger partial charge in [-0.1, -0.05) is 0 Å². The molecule has 0 unspecified atom stereocenters. The van der Waals surface area contributed by atoms with E-state index in [1.807, 2.05) is 4.90 Å². The number of hydrogen-bond acceptors (Lipinski definition) is 5. The highest BCUT2D eigenvalue weighted by Crippen LogP contribution is 2.38. The number of likely N-dealkylation sites (tertiary alicyclic amines) is 1. The van der Waals surface area contributed by atoms with Crippen molar-refractivity contribution in [1.29, 1.82) is 0 Å². The maximum Gasteiger partial charge on any atom is 0.272 e. The van der Waals surface area contributed by atoms with Crippen molar-refractivity contribution < 1.29 is 19.4 Å². The third-order valence-corrected chi connectivity index (χ3v) is 5.38. The average Bonchev–Trinajstić information content (AvgIpc) is 2.97. The summed E-state index contributed by atoms with van der Waals surface area (Å²) in [5, 5.41) is 17.4. The van der Waals surface area contributed by atoms with Crippen LogP contribution in [0.5, 0.6) is 0 Å². The van der Waals surface area contributed by atoms with E-state index in [-0.39, 0.29) is 24.5 Å². The predicted octanol–water partition coefficient (Wildman–Crippen LogP) is 0.0709. The van der Waals surface area contributed by atoms with Crippen LogP contribution in [0.25, 0.3) is 0 Å². The first-order chi connectivity index (χ1) is 11.7. The van der Waals surface area contributed by atoms with Crippen molar-refractivity contribution in [3.63, 3.8) is 0 Å². The lowest BCUT2D eigenvalue weighted by atomic mass is 9.77. The van der Waals surface area contributed by atoms with Crippen molar-refractivity contribution in [2.24, 2.45) is 7.05 Å². The van der Waals surface area contributed by atoms with Gasteiger partial charge in [0.25, 0.3) is 5.91 Å². The number of aryl methyl sites for hydroxylation is 1. The standard InChI is InChI=1S/C17H26N4O4/c1-12(22)19-14-10-17(25-11-16(14,2)24)5-8-21(9-6-17)15(23)13-4-7-18-20(13)3/h4,7,14,24H,5-6,8-11H2,1-3H3,(H,19,22)/t14-,16-/m0/s1. The molecule has 3 rings (SSSR count). The van der Waals surface area contributed by atoms with Crippen molar-refractivity contribution in [3.8, 4) is 0 Å². The van der Waals surface area contributed by atoms with Crippen molar-refractivity contribution in [1.82, 2.24) is 20.0 Å². The van der Waals surface area contributed by atoms with Crippen molar-refractivity contribution >= 4 is 11.8 Å². The first-order valence-electron chi connectivity index (χ1n) is 8.63. The summed E-state index contributed by atoms with van der Waals surface area (Å²) in [5.74, 6) is -0.192. The van der Waals surface area contributed by atoms with Gasteiger partial charge in [-0.05, 0) is 32.3 Å². The predicted molar refractivity (Wildman–Crippen MR) is 89.9 cm³/mol. The number of ether oxygens (including phenoxy) is 1. The zero-order chi connectivity index (χ0) is 18.2. The second kappa shape index (κ2) is 6.42. The monoisotopic (exact) mass is 350 g/mol. The van der Waals surface area contributed by atoms with E-state index in [0.717, 1.165) is 0 Å². The Morgan fingerprint density at radius 1 is 1.40 bits per heavy atom. The summed E-state index contributed by atoms with van der Waals surface area (Å²) >= 11 is 0. The summed E-state index contributed by atoms with van der Waals surface area (Å²) in [6.45, 7) is 4.47. The summed E-state index contributed by atoms with van der Waals surface area (Å²) in [5.41, 5.74) is -0.920. The molecule has 1 aromatic rings. The molecule has 2 N–H and O–H groups in total. The molecular weight excluding hydrogens is 324 g/mol. The summed E-state index contributed by atoms with van der Waals surface area (Å²) in [7, 11) is 1.75. The van der Waals surface area contributed by atoms with Gasteiger partial charge in [-0.2, -0.15) is 5.10 Å². The van der Waals surface area contributed by atoms with E-state index in [9.17, 15) is 14.7 Å². The van der Waals surface area contributed by atoms with Crippen LogP contribution in [0.4, 0.5) is 0 Å². The Morgan fingerprint density at radius 3 is 2.64 bits per heavy atom. The van der Waals surface area contributed by atoms with Gasteiger partial charge in [-0.25, -0.2) is 0 Å². The number of hydrogen-bond donors (Lipinski definition) is 2. The number of amides is 2. The Kier molecular flexibility index (Phi) is 4.59. The molecule has 25 heavy (non-hydrogen) atoms. The molecule has 2 amide bonds. The summed E-state index contributed by atoms with van der Waals surface area (Å²) in [4.78, 5) is 25.9. The molecule has 8 heteroatoms. The molecule has 0 radical (unpaired) electrons. The molecular formula is C17H26N4O4. The molecule has 8 nitrogen and oxygen atoms in total. The molecule has 0 aromatic carbocycles. The molecule has 1 aromatic heterocycles. The van der Waals surface area contributed by atoms with E-state index in [1.54, 1.807) is 30.9 Å². The fourth-order valence-corrected chi connectivity index (χ4v) is 3.71. The highest BCUT2D eigenvalue weighted by Gasteiger charge is 2.49. The Labute approximate surface area is 147 Å². The van der Waals surface area contributed by atoms with Crippen LogP contribution in [0.1, 0.15) is 43.6 Å². The van der Waals surface area contributed by atoms with Gasteiger partial charge in [0.05, 0.1) is 18.2 Å². The number of aromatic nitrogens is 2. The maximum absolute atomic E-state index is 12.6. The van der Waals surface area contributed by atoms with Crippen LogP contribution in [-0.4, -0.2) is 68.5 Å². The number of nitrogens with one attached hydrogen (secondary N) is 1. The first kappa shape index (κ1) is 17.9. The minimum absolute atomic E-state index is 0.0314. The summed E-state index contributed by atoms with van der Waals surface area (Å²) < 4.78 is 7.60. The number of aliphatic hydroxyl groups is 1. The summed E-state index contributed by atoms with van der Waals surface area (Å²) in [6.07, 6.45) is 3.53. The lowest BCUT2D eigenvalue weighted by Gasteiger charge is -2.50. The van der Waals surface area contributed by atoms with Gasteiger partial charge >= 0.3 is 0 Å². The highest BCUT2D eigenvalue weighted by atomic mass is 16.5. The molecule has 3 heterocycles. The van der Waals surface area contributed by atoms with Crippen LogP contribution in [0.2, 0.25) is 0 Å². The van der Waals surface area contributed by atoms with Crippen molar-refractivity contribution in [3.05, 3.63) is 18.0 Å². The Morgan fingerprint density at radius 2 is 2.08 bits per heavy atom. The van der Waals surface area contributed by atoms with E-state index in [2.05, 4.69) is 10.4 Å². The smallest absolute Gasteiger partial charge is 0.272 e. The van der Waals surface area contributed by atoms with Crippen molar-refractivity contribution in [2.45, 2.75) is 50.4 Å². The topological polar surface area (TPSA) is 96.7 Å². The number of rotatable bonds is 2. The van der Waals surface area contributed by atoms with Crippen LogP contribution in [0, 0.1) is 0 Å². The van der Waals surface area contributed by atoms with Gasteiger partial charge < -0.3 is 20.1 Å². The van der Waals surface area contributed by atoms with Gasteiger partial charge in [0, 0.05) is 33.3 Å². The molecule has 2 aliphatic heterocycles. The second-order valence-electron chi connectivity index (χ2n) is 7.42. The Bertz CT molecular complexity index is 661. The average molecular weight is 350 g/mol. The van der Waals surface area contributed by atoms with Crippen LogP contribution < -0.4 is 5.32 Å². The lowest BCUT2D eigenvalue weighted by Crippen LogP contribution is -2.64. The van der Waals surface area contributed by atoms with Gasteiger partial charge in [-0.3, -0.25) is 14.3 Å². The van der Waals surface area contributed by atoms with Crippen LogP contribution in [0.15, 0.2) is 12.3 Å². The molecule has 2 aliphatic rings. The Hall–Kier alpha value is -1.93.